The molecule has 0 unspecified atom stereocenters. The Balaban J connectivity index is 1.26. The van der Waals surface area contributed by atoms with Crippen LogP contribution in [0.3, 0.4) is 0 Å². The molecule has 350 valence electrons. The Bertz CT molecular complexity index is 3480. The summed E-state index contributed by atoms with van der Waals surface area (Å²) in [6.07, 6.45) is 0. The van der Waals surface area contributed by atoms with E-state index in [1.54, 1.807) is 0 Å². The van der Waals surface area contributed by atoms with Crippen molar-refractivity contribution in [2.24, 2.45) is 0 Å². The van der Waals surface area contributed by atoms with E-state index in [0.29, 0.717) is 5.82 Å². The van der Waals surface area contributed by atoms with Gasteiger partial charge in [0.15, 0.2) is 22.0 Å². The van der Waals surface area contributed by atoms with Gasteiger partial charge in [-0.3, -0.25) is 0 Å². The van der Waals surface area contributed by atoms with E-state index in [1.165, 1.54) is 63.7 Å². The van der Waals surface area contributed by atoms with E-state index >= 15 is 0 Å². The molecule has 12 aromatic rings. The topological polar surface area (TPSA) is 25.8 Å². The summed E-state index contributed by atoms with van der Waals surface area (Å²) in [5, 5.41) is 10.3. The minimum Gasteiger partial charge on any atom is -0.228 e. The SMILES string of the molecule is c1ccc(-c2cccc([Si](c3ccccc3)(c3ccccc3)c3cc(-c4nc(-c5ccccc5)cc(-c5ccccc5)n4)cc([Si](c4ccccc4)(c4ccccc4)c4cccc(-c5ccccc5)c4)c3)c2)cc1. The summed E-state index contributed by atoms with van der Waals surface area (Å²) in [6.45, 7) is 0. The molecular formula is C70H52N2Si2. The summed E-state index contributed by atoms with van der Waals surface area (Å²) in [5.41, 5.74) is 9.53. The summed E-state index contributed by atoms with van der Waals surface area (Å²) < 4.78 is 0. The molecule has 11 aromatic carbocycles. The van der Waals surface area contributed by atoms with Gasteiger partial charge in [-0.2, -0.15) is 0 Å². The lowest BCUT2D eigenvalue weighted by atomic mass is 10.1. The third-order valence-corrected chi connectivity index (χ3v) is 24.0. The maximum atomic E-state index is 5.61. The molecule has 0 saturated heterocycles. The van der Waals surface area contributed by atoms with Gasteiger partial charge in [0.25, 0.3) is 0 Å². The number of benzene rings is 11. The molecule has 0 aliphatic carbocycles. The molecule has 0 aliphatic heterocycles. The highest BCUT2D eigenvalue weighted by Crippen LogP contribution is 2.29. The van der Waals surface area contributed by atoms with Gasteiger partial charge in [0.2, 0.25) is 0 Å². The van der Waals surface area contributed by atoms with Gasteiger partial charge in [-0.25, -0.2) is 9.97 Å². The van der Waals surface area contributed by atoms with Crippen molar-refractivity contribution in [1.29, 1.82) is 0 Å². The molecule has 0 radical (unpaired) electrons. The maximum Gasteiger partial charge on any atom is 0.179 e. The van der Waals surface area contributed by atoms with Gasteiger partial charge in [-0.15, -0.1) is 0 Å². The molecule has 0 spiro atoms. The highest BCUT2D eigenvalue weighted by Gasteiger charge is 2.46. The Kier molecular flexibility index (Phi) is 12.8. The van der Waals surface area contributed by atoms with Gasteiger partial charge in [0, 0.05) is 16.7 Å². The second kappa shape index (κ2) is 20.6. The lowest BCUT2D eigenvalue weighted by Crippen LogP contribution is -2.78. The molecule has 12 rings (SSSR count). The fraction of sp³-hybridized carbons (Fsp3) is 0. The van der Waals surface area contributed by atoms with Crippen LogP contribution in [-0.2, 0) is 0 Å². The third kappa shape index (κ3) is 8.66. The lowest BCUT2D eigenvalue weighted by molar-refractivity contribution is 1.18. The van der Waals surface area contributed by atoms with Crippen LogP contribution in [-0.4, -0.2) is 26.1 Å². The first kappa shape index (κ1) is 46.0. The van der Waals surface area contributed by atoms with Crippen LogP contribution in [0, 0.1) is 0 Å². The van der Waals surface area contributed by atoms with Crippen molar-refractivity contribution in [1.82, 2.24) is 9.97 Å². The van der Waals surface area contributed by atoms with Crippen molar-refractivity contribution >= 4 is 57.6 Å². The Morgan fingerprint density at radius 1 is 0.176 bits per heavy atom. The molecule has 0 saturated carbocycles. The summed E-state index contributed by atoms with van der Waals surface area (Å²) in [7, 11) is -6.59. The third-order valence-electron chi connectivity index (χ3n) is 14.6. The molecule has 0 aliphatic rings. The van der Waals surface area contributed by atoms with Gasteiger partial charge < -0.3 is 0 Å². The molecule has 4 heteroatoms. The fourth-order valence-electron chi connectivity index (χ4n) is 11.2. The summed E-state index contributed by atoms with van der Waals surface area (Å²) in [5.74, 6) is 0.678. The fourth-order valence-corrected chi connectivity index (χ4v) is 21.0. The second-order valence-corrected chi connectivity index (χ2v) is 26.5. The van der Waals surface area contributed by atoms with Crippen LogP contribution in [0.2, 0.25) is 0 Å². The van der Waals surface area contributed by atoms with Crippen LogP contribution in [0.15, 0.2) is 315 Å². The van der Waals surface area contributed by atoms with Crippen LogP contribution in [0.4, 0.5) is 0 Å². The Morgan fingerprint density at radius 3 is 0.757 bits per heavy atom. The van der Waals surface area contributed by atoms with Crippen LogP contribution in [0.5, 0.6) is 0 Å². The van der Waals surface area contributed by atoms with Gasteiger partial charge in [0.05, 0.1) is 11.4 Å². The number of nitrogens with zero attached hydrogens (tertiary/aromatic N) is 2. The van der Waals surface area contributed by atoms with Crippen molar-refractivity contribution in [3.8, 4) is 56.2 Å². The quantitative estimate of drug-likeness (QED) is 0.0850. The van der Waals surface area contributed by atoms with Gasteiger partial charge >= 0.3 is 0 Å². The summed E-state index contributed by atoms with van der Waals surface area (Å²) in [6, 6.07) is 116. The Labute approximate surface area is 436 Å². The van der Waals surface area contributed by atoms with Crippen LogP contribution < -0.4 is 41.5 Å². The molecule has 0 atom stereocenters. The van der Waals surface area contributed by atoms with E-state index in [1.807, 2.05) is 0 Å². The normalized spacial score (nSPS) is 11.5. The first-order chi connectivity index (χ1) is 36.7. The zero-order valence-corrected chi connectivity index (χ0v) is 42.9. The van der Waals surface area contributed by atoms with E-state index in [-0.39, 0.29) is 0 Å². The number of aromatic nitrogens is 2. The average molecular weight is 977 g/mol. The van der Waals surface area contributed by atoms with E-state index in [2.05, 4.69) is 315 Å². The van der Waals surface area contributed by atoms with Crippen molar-refractivity contribution < 1.29 is 0 Å². The van der Waals surface area contributed by atoms with E-state index in [0.717, 1.165) is 28.1 Å². The maximum absolute atomic E-state index is 5.61. The minimum atomic E-state index is -3.29. The Morgan fingerprint density at radius 2 is 0.432 bits per heavy atom. The molecule has 0 N–H and O–H groups in total. The first-order valence-electron chi connectivity index (χ1n) is 25.4. The van der Waals surface area contributed by atoms with Gasteiger partial charge in [-0.1, -0.05) is 309 Å². The zero-order valence-electron chi connectivity index (χ0n) is 40.9. The van der Waals surface area contributed by atoms with Crippen LogP contribution in [0.25, 0.3) is 56.2 Å². The van der Waals surface area contributed by atoms with Gasteiger partial charge in [-0.05, 0) is 69.8 Å². The molecule has 1 aromatic heterocycles. The molecule has 0 amide bonds. The summed E-state index contributed by atoms with van der Waals surface area (Å²) in [4.78, 5) is 11.2. The highest BCUT2D eigenvalue weighted by molar-refractivity contribution is 7.22. The standard InChI is InChI=1S/C70H52N2Si2/c1-9-27-53(28-10-1)57-35-25-45-64(47-57)73(60-37-17-5-18-38-60,61-39-19-6-20-40-61)66-49-59(70-71-68(55-31-13-3-14-32-55)52-69(72-70)56-33-15-4-16-34-56)50-67(51-66)74(62-41-21-7-22-42-62,63-43-23-8-24-44-63)65-46-26-36-58(48-65)54-29-11-2-12-30-54/h1-52H. The van der Waals surface area contributed by atoms with E-state index in [9.17, 15) is 0 Å². The molecule has 1 heterocycles. The van der Waals surface area contributed by atoms with Crippen LogP contribution in [0.1, 0.15) is 0 Å². The van der Waals surface area contributed by atoms with Crippen molar-refractivity contribution in [3.05, 3.63) is 315 Å². The number of hydrogen-bond acceptors (Lipinski definition) is 2. The van der Waals surface area contributed by atoms with E-state index < -0.39 is 16.1 Å². The monoisotopic (exact) mass is 976 g/mol. The zero-order chi connectivity index (χ0) is 49.6. The average Bonchev–Trinajstić information content (AvgIpc) is 3.50. The number of hydrogen-bond donors (Lipinski definition) is 0. The van der Waals surface area contributed by atoms with Crippen molar-refractivity contribution in [3.63, 3.8) is 0 Å². The minimum absolute atomic E-state index is 0.678. The number of rotatable bonds is 13. The molecular weight excluding hydrogens is 925 g/mol. The molecule has 0 fully saturated rings. The summed E-state index contributed by atoms with van der Waals surface area (Å²) >= 11 is 0. The van der Waals surface area contributed by atoms with Crippen molar-refractivity contribution in [2.45, 2.75) is 0 Å². The smallest absolute Gasteiger partial charge is 0.179 e. The van der Waals surface area contributed by atoms with E-state index in [4.69, 9.17) is 9.97 Å². The van der Waals surface area contributed by atoms with Gasteiger partial charge in [0.1, 0.15) is 0 Å². The molecule has 0 bridgehead atoms. The Hall–Kier alpha value is -9.07. The second-order valence-electron chi connectivity index (χ2n) is 18.9. The largest absolute Gasteiger partial charge is 0.228 e. The predicted octanol–water partition coefficient (Wildman–Crippen LogP) is 11.6. The molecule has 2 nitrogen and oxygen atoms in total. The van der Waals surface area contributed by atoms with Crippen LogP contribution >= 0.6 is 0 Å². The first-order valence-corrected chi connectivity index (χ1v) is 29.4. The highest BCUT2D eigenvalue weighted by atomic mass is 28.3. The molecule has 74 heavy (non-hydrogen) atoms. The predicted molar refractivity (Wildman–Crippen MR) is 316 cm³/mol. The van der Waals surface area contributed by atoms with Crippen molar-refractivity contribution in [2.75, 3.05) is 0 Å². The lowest BCUT2D eigenvalue weighted by Gasteiger charge is -2.38.